The van der Waals surface area contributed by atoms with Crippen LogP contribution in [0.3, 0.4) is 0 Å². The van der Waals surface area contributed by atoms with Crippen LogP contribution in [-0.4, -0.2) is 22.4 Å². The van der Waals surface area contributed by atoms with Gasteiger partial charge in [0.25, 0.3) is 5.91 Å². The summed E-state index contributed by atoms with van der Waals surface area (Å²) in [5, 5.41) is 12.3. The molecule has 0 saturated carbocycles. The lowest BCUT2D eigenvalue weighted by Gasteiger charge is -2.05. The highest BCUT2D eigenvalue weighted by atomic mass is 35.5. The molecule has 2 aliphatic rings. The Kier molecular flexibility index (Phi) is 4.04. The molecule has 0 spiro atoms. The highest BCUT2D eigenvalue weighted by Crippen LogP contribution is 2.29. The van der Waals surface area contributed by atoms with Crippen LogP contribution >= 0.6 is 22.9 Å². The molecule has 144 valence electrons. The zero-order valence-electron chi connectivity index (χ0n) is 14.6. The van der Waals surface area contributed by atoms with E-state index in [1.165, 1.54) is 6.08 Å². The van der Waals surface area contributed by atoms with Gasteiger partial charge < -0.3 is 14.6 Å². The molecule has 2 aromatic carbocycles. The summed E-state index contributed by atoms with van der Waals surface area (Å²) in [5.74, 6) is 0.379. The fraction of sp³-hybridized carbons (Fsp3) is 0.0500. The molecule has 0 bridgehead atoms. The largest absolute Gasteiger partial charge is 0.493 e. The van der Waals surface area contributed by atoms with Gasteiger partial charge in [-0.2, -0.15) is 0 Å². The third-order valence-electron chi connectivity index (χ3n) is 4.49. The second kappa shape index (κ2) is 6.61. The molecule has 9 heteroatoms. The van der Waals surface area contributed by atoms with Crippen molar-refractivity contribution in [3.63, 3.8) is 0 Å². The zero-order chi connectivity index (χ0) is 20.1. The van der Waals surface area contributed by atoms with Gasteiger partial charge in [0, 0.05) is 21.9 Å². The Bertz CT molecular complexity index is 1390. The van der Waals surface area contributed by atoms with E-state index >= 15 is 0 Å². The van der Waals surface area contributed by atoms with Crippen LogP contribution in [0.5, 0.6) is 17.4 Å². The molecule has 2 aliphatic heterocycles. The molecular formula is C20H11ClN2O5S. The minimum Gasteiger partial charge on any atom is -0.493 e. The molecule has 0 unspecified atom stereocenters. The minimum absolute atomic E-state index is 0.120. The van der Waals surface area contributed by atoms with Gasteiger partial charge in [0.15, 0.2) is 11.5 Å². The summed E-state index contributed by atoms with van der Waals surface area (Å²) in [5.41, 5.74) is 0.718. The molecule has 5 rings (SSSR count). The predicted molar refractivity (Wildman–Crippen MR) is 107 cm³/mol. The van der Waals surface area contributed by atoms with E-state index in [0.717, 1.165) is 15.9 Å². The van der Waals surface area contributed by atoms with E-state index in [2.05, 4.69) is 4.99 Å². The summed E-state index contributed by atoms with van der Waals surface area (Å²) in [7, 11) is 0. The highest BCUT2D eigenvalue weighted by Gasteiger charge is 2.19. The standard InChI is InChI=1S/C20H11ClN2O5S/c21-12-1-3-13(4-2-12)23-19(25)17(29-20(23)26)7-11-5-10-6-15-16(28-9-27-15)8-14(10)22-18(11)24/h1-8,25H,9H2. The average Bonchev–Trinajstić information content (AvgIpc) is 3.25. The fourth-order valence-corrected chi connectivity index (χ4v) is 4.07. The number of amides is 1. The lowest BCUT2D eigenvalue weighted by Crippen LogP contribution is -2.30. The molecule has 1 N–H and O–H groups in total. The monoisotopic (exact) mass is 426 g/mol. The Morgan fingerprint density at radius 2 is 1.86 bits per heavy atom. The van der Waals surface area contributed by atoms with Crippen molar-refractivity contribution in [2.24, 2.45) is 4.99 Å². The normalized spacial score (nSPS) is 15.8. The number of halogens is 1. The first-order valence-electron chi connectivity index (χ1n) is 8.46. The number of aromatic hydroxyl groups is 1. The number of thiazole rings is 1. The molecule has 0 aliphatic carbocycles. The average molecular weight is 427 g/mol. The van der Waals surface area contributed by atoms with E-state index < -0.39 is 5.91 Å². The molecule has 0 atom stereocenters. The summed E-state index contributed by atoms with van der Waals surface area (Å²) < 4.78 is 11.8. The number of rotatable bonds is 2. The van der Waals surface area contributed by atoms with Gasteiger partial charge in [0.1, 0.15) is 0 Å². The van der Waals surface area contributed by atoms with Crippen molar-refractivity contribution in [3.8, 4) is 23.1 Å². The molecule has 0 radical (unpaired) electrons. The van der Waals surface area contributed by atoms with Crippen LogP contribution in [0, 0.1) is 0 Å². The molecule has 1 amide bonds. The number of hydrogen-bond acceptors (Lipinski definition) is 6. The number of aromatic nitrogens is 1. The Balaban J connectivity index is 1.61. The van der Waals surface area contributed by atoms with Crippen LogP contribution in [0.2, 0.25) is 5.02 Å². The summed E-state index contributed by atoms with van der Waals surface area (Å²) in [6, 6.07) is 9.88. The summed E-state index contributed by atoms with van der Waals surface area (Å²) in [6.07, 6.45) is 3.09. The van der Waals surface area contributed by atoms with Gasteiger partial charge in [-0.3, -0.25) is 9.59 Å². The first-order chi connectivity index (χ1) is 14.0. The van der Waals surface area contributed by atoms with Gasteiger partial charge in [0.2, 0.25) is 12.7 Å². The number of hydrogen-bond donors (Lipinski definition) is 1. The Hall–Kier alpha value is -3.36. The molecule has 7 nitrogen and oxygen atoms in total. The van der Waals surface area contributed by atoms with Crippen LogP contribution in [-0.2, 0) is 4.79 Å². The molecule has 3 aromatic rings. The van der Waals surface area contributed by atoms with Crippen molar-refractivity contribution >= 4 is 41.0 Å². The summed E-state index contributed by atoms with van der Waals surface area (Å²) in [6.45, 7) is 0.120. The van der Waals surface area contributed by atoms with E-state index in [0.29, 0.717) is 32.8 Å². The van der Waals surface area contributed by atoms with Crippen LogP contribution < -0.4 is 24.9 Å². The van der Waals surface area contributed by atoms with Gasteiger partial charge in [-0.15, -0.1) is 0 Å². The van der Waals surface area contributed by atoms with Crippen molar-refractivity contribution < 1.29 is 19.4 Å². The van der Waals surface area contributed by atoms with Crippen molar-refractivity contribution in [3.05, 3.63) is 72.1 Å². The summed E-state index contributed by atoms with van der Waals surface area (Å²) >= 11 is 6.71. The number of fused-ring (bicyclic) bond motifs is 2. The molecular weight excluding hydrogens is 416 g/mol. The minimum atomic E-state index is -0.477. The van der Waals surface area contributed by atoms with Crippen LogP contribution in [0.1, 0.15) is 4.88 Å². The first-order valence-corrected chi connectivity index (χ1v) is 9.66. The third-order valence-corrected chi connectivity index (χ3v) is 5.61. The van der Waals surface area contributed by atoms with Crippen molar-refractivity contribution in [1.29, 1.82) is 0 Å². The molecule has 0 fully saturated rings. The van der Waals surface area contributed by atoms with E-state index in [1.54, 1.807) is 42.5 Å². The second-order valence-corrected chi connectivity index (χ2v) is 7.72. The van der Waals surface area contributed by atoms with Crippen LogP contribution in [0.4, 0.5) is 0 Å². The van der Waals surface area contributed by atoms with Gasteiger partial charge in [-0.1, -0.05) is 22.9 Å². The van der Waals surface area contributed by atoms with E-state index in [4.69, 9.17) is 21.1 Å². The van der Waals surface area contributed by atoms with Gasteiger partial charge in [-0.25, -0.2) is 9.56 Å². The van der Waals surface area contributed by atoms with Crippen molar-refractivity contribution in [2.75, 3.05) is 6.79 Å². The third kappa shape index (κ3) is 3.02. The topological polar surface area (TPSA) is 90.1 Å². The summed E-state index contributed by atoms with van der Waals surface area (Å²) in [4.78, 5) is 28.8. The lowest BCUT2D eigenvalue weighted by molar-refractivity contribution is -0.114. The number of ether oxygens (including phenoxy) is 2. The zero-order valence-corrected chi connectivity index (χ0v) is 16.2. The van der Waals surface area contributed by atoms with Crippen LogP contribution in [0.15, 0.2) is 51.8 Å². The van der Waals surface area contributed by atoms with Crippen molar-refractivity contribution in [1.82, 2.24) is 4.57 Å². The SMILES string of the molecule is O=C1N=c2cc3c(cc2=CC1=Cc1sc(=O)n(-c2ccc(Cl)cc2)c1O)OCO3. The maximum absolute atomic E-state index is 12.5. The number of carbonyl (C=O) groups excluding carboxylic acids is 1. The van der Waals surface area contributed by atoms with Gasteiger partial charge in [0.05, 0.1) is 15.9 Å². The molecule has 29 heavy (non-hydrogen) atoms. The van der Waals surface area contributed by atoms with E-state index in [-0.39, 0.29) is 28.0 Å². The van der Waals surface area contributed by atoms with Crippen LogP contribution in [0.25, 0.3) is 17.8 Å². The van der Waals surface area contributed by atoms with Crippen molar-refractivity contribution in [2.45, 2.75) is 0 Å². The molecule has 1 aromatic heterocycles. The fourth-order valence-electron chi connectivity index (χ4n) is 3.10. The maximum atomic E-state index is 12.5. The predicted octanol–water partition coefficient (Wildman–Crippen LogP) is 2.01. The molecule has 3 heterocycles. The highest BCUT2D eigenvalue weighted by molar-refractivity contribution is 7.10. The number of benzene rings is 2. The second-order valence-electron chi connectivity index (χ2n) is 6.29. The number of nitrogens with zero attached hydrogens (tertiary/aromatic N) is 2. The van der Waals surface area contributed by atoms with Gasteiger partial charge >= 0.3 is 4.87 Å². The lowest BCUT2D eigenvalue weighted by atomic mass is 10.1. The smallest absolute Gasteiger partial charge is 0.315 e. The molecule has 0 saturated heterocycles. The maximum Gasteiger partial charge on any atom is 0.315 e. The Morgan fingerprint density at radius 3 is 2.62 bits per heavy atom. The number of carbonyl (C=O) groups is 1. The quantitative estimate of drug-likeness (QED) is 0.633. The first kappa shape index (κ1) is 17.7. The van der Waals surface area contributed by atoms with E-state index in [9.17, 15) is 14.7 Å². The van der Waals surface area contributed by atoms with Gasteiger partial charge in [-0.05, 0) is 42.5 Å². The van der Waals surface area contributed by atoms with E-state index in [1.807, 2.05) is 0 Å². The Morgan fingerprint density at radius 1 is 1.14 bits per heavy atom. The Labute approximate surface area is 172 Å².